The third-order valence-electron chi connectivity index (χ3n) is 5.23. The normalized spacial score (nSPS) is 10.7. The predicted octanol–water partition coefficient (Wildman–Crippen LogP) is 5.85. The molecule has 0 aliphatic heterocycles. The molecule has 32 heavy (non-hydrogen) atoms. The second kappa shape index (κ2) is 9.52. The Kier molecular flexibility index (Phi) is 6.36. The van der Waals surface area contributed by atoms with E-state index in [0.29, 0.717) is 18.1 Å². The zero-order valence-corrected chi connectivity index (χ0v) is 18.6. The molecule has 0 aliphatic carbocycles. The van der Waals surface area contributed by atoms with Gasteiger partial charge in [0.2, 0.25) is 0 Å². The molecule has 0 saturated heterocycles. The van der Waals surface area contributed by atoms with Gasteiger partial charge in [0.15, 0.2) is 11.5 Å². The summed E-state index contributed by atoms with van der Waals surface area (Å²) in [5.41, 5.74) is 6.80. The van der Waals surface area contributed by atoms with Gasteiger partial charge >= 0.3 is 0 Å². The van der Waals surface area contributed by atoms with Crippen LogP contribution in [0.3, 0.4) is 0 Å². The van der Waals surface area contributed by atoms with Crippen LogP contribution >= 0.6 is 0 Å². The number of ether oxygens (including phenoxy) is 3. The van der Waals surface area contributed by atoms with Crippen molar-refractivity contribution in [2.75, 3.05) is 14.2 Å². The van der Waals surface area contributed by atoms with Crippen LogP contribution in [-0.4, -0.2) is 24.2 Å². The highest BCUT2D eigenvalue weighted by Crippen LogP contribution is 2.30. The largest absolute Gasteiger partial charge is 0.497 e. The van der Waals surface area contributed by atoms with Crippen molar-refractivity contribution < 1.29 is 14.2 Å². The van der Waals surface area contributed by atoms with Crippen LogP contribution in [0.15, 0.2) is 73.4 Å². The van der Waals surface area contributed by atoms with Crippen molar-refractivity contribution in [3.63, 3.8) is 0 Å². The fourth-order valence-electron chi connectivity index (χ4n) is 3.43. The highest BCUT2D eigenvalue weighted by atomic mass is 16.5. The Morgan fingerprint density at radius 1 is 0.812 bits per heavy atom. The molecule has 0 N–H and O–H groups in total. The standard InChI is InChI=1S/C27H26N2O3/c1-18(2)25-16-28-23-11-7-20(14-24(23)29-25)13-21-8-12-26(27(15-21)31-4)32-17-19-5-9-22(30-3)10-6-19/h5-12,14-16H,1,13,17H2,2-4H3. The van der Waals surface area contributed by atoms with E-state index in [0.717, 1.165) is 51.2 Å². The van der Waals surface area contributed by atoms with Gasteiger partial charge in [0.25, 0.3) is 0 Å². The summed E-state index contributed by atoms with van der Waals surface area (Å²) < 4.78 is 16.8. The van der Waals surface area contributed by atoms with Crippen molar-refractivity contribution in [2.24, 2.45) is 0 Å². The molecule has 0 radical (unpaired) electrons. The number of hydrogen-bond acceptors (Lipinski definition) is 5. The summed E-state index contributed by atoms with van der Waals surface area (Å²) in [7, 11) is 3.31. The summed E-state index contributed by atoms with van der Waals surface area (Å²) >= 11 is 0. The lowest BCUT2D eigenvalue weighted by Gasteiger charge is -2.13. The number of benzene rings is 3. The maximum absolute atomic E-state index is 5.99. The smallest absolute Gasteiger partial charge is 0.161 e. The average molecular weight is 427 g/mol. The molecular formula is C27H26N2O3. The van der Waals surface area contributed by atoms with Crippen molar-refractivity contribution in [3.05, 3.63) is 95.8 Å². The molecule has 0 aliphatic rings. The summed E-state index contributed by atoms with van der Waals surface area (Å²) in [6.07, 6.45) is 2.52. The topological polar surface area (TPSA) is 53.5 Å². The fourth-order valence-corrected chi connectivity index (χ4v) is 3.43. The quantitative estimate of drug-likeness (QED) is 0.354. The SMILES string of the molecule is C=C(C)c1cnc2ccc(Cc3ccc(OCc4ccc(OC)cc4)c(OC)c3)cc2n1. The molecule has 0 fully saturated rings. The highest BCUT2D eigenvalue weighted by Gasteiger charge is 2.09. The fraction of sp³-hybridized carbons (Fsp3) is 0.185. The van der Waals surface area contributed by atoms with Gasteiger partial charge in [-0.15, -0.1) is 0 Å². The Labute approximate surface area is 188 Å². The van der Waals surface area contributed by atoms with Crippen LogP contribution in [0.4, 0.5) is 0 Å². The highest BCUT2D eigenvalue weighted by molar-refractivity contribution is 5.77. The van der Waals surface area contributed by atoms with Gasteiger partial charge in [-0.2, -0.15) is 0 Å². The van der Waals surface area contributed by atoms with Crippen LogP contribution in [0.2, 0.25) is 0 Å². The molecule has 0 amide bonds. The molecule has 0 saturated carbocycles. The van der Waals surface area contributed by atoms with Crippen LogP contribution in [0.5, 0.6) is 17.2 Å². The monoisotopic (exact) mass is 426 g/mol. The van der Waals surface area contributed by atoms with Crippen molar-refractivity contribution in [3.8, 4) is 17.2 Å². The number of rotatable bonds is 8. The van der Waals surface area contributed by atoms with Gasteiger partial charge in [-0.3, -0.25) is 4.98 Å². The van der Waals surface area contributed by atoms with Gasteiger partial charge in [-0.05, 0) is 72.0 Å². The van der Waals surface area contributed by atoms with Crippen molar-refractivity contribution in [1.82, 2.24) is 9.97 Å². The maximum Gasteiger partial charge on any atom is 0.161 e. The molecule has 1 heterocycles. The molecule has 0 unspecified atom stereocenters. The Hall–Kier alpha value is -3.86. The third kappa shape index (κ3) is 4.89. The molecule has 4 aromatic rings. The number of aromatic nitrogens is 2. The number of hydrogen-bond donors (Lipinski definition) is 0. The lowest BCUT2D eigenvalue weighted by atomic mass is 10.0. The van der Waals surface area contributed by atoms with Crippen LogP contribution < -0.4 is 14.2 Å². The molecule has 0 atom stereocenters. The first-order valence-corrected chi connectivity index (χ1v) is 10.4. The number of fused-ring (bicyclic) bond motifs is 1. The van der Waals surface area contributed by atoms with E-state index in [1.165, 1.54) is 0 Å². The van der Waals surface area contributed by atoms with E-state index < -0.39 is 0 Å². The number of allylic oxidation sites excluding steroid dienone is 1. The van der Waals surface area contributed by atoms with E-state index in [4.69, 9.17) is 14.2 Å². The van der Waals surface area contributed by atoms with E-state index in [2.05, 4.69) is 34.7 Å². The summed E-state index contributed by atoms with van der Waals surface area (Å²) in [6, 6.07) is 20.0. The average Bonchev–Trinajstić information content (AvgIpc) is 2.83. The van der Waals surface area contributed by atoms with E-state index in [1.54, 1.807) is 20.4 Å². The molecule has 4 rings (SSSR count). The molecule has 162 valence electrons. The predicted molar refractivity (Wildman–Crippen MR) is 127 cm³/mol. The zero-order chi connectivity index (χ0) is 22.5. The number of nitrogens with zero attached hydrogens (tertiary/aromatic N) is 2. The second-order valence-corrected chi connectivity index (χ2v) is 7.66. The minimum Gasteiger partial charge on any atom is -0.497 e. The zero-order valence-electron chi connectivity index (χ0n) is 18.6. The van der Waals surface area contributed by atoms with Crippen LogP contribution in [0, 0.1) is 0 Å². The molecule has 0 spiro atoms. The van der Waals surface area contributed by atoms with Gasteiger partial charge in [0.05, 0.1) is 37.1 Å². The van der Waals surface area contributed by atoms with Gasteiger partial charge in [0.1, 0.15) is 12.4 Å². The minimum absolute atomic E-state index is 0.452. The first-order chi connectivity index (χ1) is 15.6. The lowest BCUT2D eigenvalue weighted by molar-refractivity contribution is 0.284. The molecule has 0 bridgehead atoms. The van der Waals surface area contributed by atoms with Crippen LogP contribution in [-0.2, 0) is 13.0 Å². The van der Waals surface area contributed by atoms with Crippen molar-refractivity contribution in [2.45, 2.75) is 20.0 Å². The van der Waals surface area contributed by atoms with E-state index in [-0.39, 0.29) is 0 Å². The van der Waals surface area contributed by atoms with E-state index >= 15 is 0 Å². The van der Waals surface area contributed by atoms with Crippen molar-refractivity contribution >= 4 is 16.6 Å². The Balaban J connectivity index is 1.50. The Bertz CT molecular complexity index is 1250. The van der Waals surface area contributed by atoms with Gasteiger partial charge < -0.3 is 14.2 Å². The summed E-state index contributed by atoms with van der Waals surface area (Å²) in [5, 5.41) is 0. The first kappa shape index (κ1) is 21.4. The summed E-state index contributed by atoms with van der Waals surface area (Å²) in [6.45, 7) is 6.35. The van der Waals surface area contributed by atoms with Crippen LogP contribution in [0.25, 0.3) is 16.6 Å². The summed E-state index contributed by atoms with van der Waals surface area (Å²) in [5.74, 6) is 2.25. The van der Waals surface area contributed by atoms with E-state index in [1.807, 2.05) is 49.4 Å². The minimum atomic E-state index is 0.452. The van der Waals surface area contributed by atoms with Gasteiger partial charge in [0, 0.05) is 0 Å². The Morgan fingerprint density at radius 3 is 2.25 bits per heavy atom. The van der Waals surface area contributed by atoms with Gasteiger partial charge in [-0.25, -0.2) is 4.98 Å². The number of methoxy groups -OCH3 is 2. The molecule has 3 aromatic carbocycles. The van der Waals surface area contributed by atoms with Crippen molar-refractivity contribution in [1.29, 1.82) is 0 Å². The Morgan fingerprint density at radius 2 is 1.53 bits per heavy atom. The molecule has 5 nitrogen and oxygen atoms in total. The van der Waals surface area contributed by atoms with Gasteiger partial charge in [-0.1, -0.05) is 30.8 Å². The first-order valence-electron chi connectivity index (χ1n) is 10.4. The maximum atomic E-state index is 5.99. The molecular weight excluding hydrogens is 400 g/mol. The molecule has 1 aromatic heterocycles. The van der Waals surface area contributed by atoms with Crippen LogP contribution in [0.1, 0.15) is 29.3 Å². The third-order valence-corrected chi connectivity index (χ3v) is 5.23. The lowest BCUT2D eigenvalue weighted by Crippen LogP contribution is -1.99. The second-order valence-electron chi connectivity index (χ2n) is 7.66. The molecule has 5 heteroatoms. The van der Waals surface area contributed by atoms with E-state index in [9.17, 15) is 0 Å². The summed E-state index contributed by atoms with van der Waals surface area (Å²) in [4.78, 5) is 9.15.